The van der Waals surface area contributed by atoms with E-state index in [4.69, 9.17) is 5.26 Å². The molecule has 0 aliphatic heterocycles. The third-order valence-corrected chi connectivity index (χ3v) is 4.66. The van der Waals surface area contributed by atoms with Gasteiger partial charge in [0.15, 0.2) is 0 Å². The summed E-state index contributed by atoms with van der Waals surface area (Å²) in [5.41, 5.74) is 0.352. The maximum atomic E-state index is 12.4. The molecule has 0 unspecified atom stereocenters. The van der Waals surface area contributed by atoms with Crippen LogP contribution in [0.2, 0.25) is 0 Å². The molecule has 0 amide bonds. The van der Waals surface area contributed by atoms with Crippen molar-refractivity contribution < 1.29 is 8.42 Å². The van der Waals surface area contributed by atoms with Crippen LogP contribution in [0.1, 0.15) is 44.7 Å². The first kappa shape index (κ1) is 15.7. The molecule has 0 saturated carbocycles. The van der Waals surface area contributed by atoms with E-state index < -0.39 is 15.6 Å². The molecule has 0 aromatic heterocycles. The van der Waals surface area contributed by atoms with E-state index >= 15 is 0 Å². The van der Waals surface area contributed by atoms with Gasteiger partial charge in [-0.05, 0) is 38.8 Å². The minimum Gasteiger partial charge on any atom is -0.207 e. The van der Waals surface area contributed by atoms with Gasteiger partial charge in [-0.25, -0.2) is 13.1 Å². The minimum absolute atomic E-state index is 0.0548. The van der Waals surface area contributed by atoms with Crippen molar-refractivity contribution in [1.82, 2.24) is 4.72 Å². The molecule has 0 heterocycles. The highest BCUT2D eigenvalue weighted by molar-refractivity contribution is 7.89. The lowest BCUT2D eigenvalue weighted by molar-refractivity contribution is 0.417. The predicted octanol–water partition coefficient (Wildman–Crippen LogP) is 2.72. The van der Waals surface area contributed by atoms with Crippen molar-refractivity contribution in [3.8, 4) is 6.07 Å². The van der Waals surface area contributed by atoms with Gasteiger partial charge in [-0.2, -0.15) is 5.26 Å². The Morgan fingerprint density at radius 3 is 2.53 bits per heavy atom. The zero-order valence-electron chi connectivity index (χ0n) is 11.8. The smallest absolute Gasteiger partial charge is 0.207 e. The topological polar surface area (TPSA) is 70.0 Å². The number of hydrogen-bond donors (Lipinski definition) is 1. The molecule has 1 rings (SSSR count). The number of hydrogen-bond acceptors (Lipinski definition) is 3. The Morgan fingerprint density at radius 1 is 1.37 bits per heavy atom. The molecular weight excluding hydrogens is 260 g/mol. The van der Waals surface area contributed by atoms with Crippen molar-refractivity contribution in [2.24, 2.45) is 0 Å². The van der Waals surface area contributed by atoms with Gasteiger partial charge < -0.3 is 0 Å². The Morgan fingerprint density at radius 2 is 2.00 bits per heavy atom. The molecule has 0 bridgehead atoms. The van der Waals surface area contributed by atoms with Gasteiger partial charge in [0.1, 0.15) is 11.0 Å². The van der Waals surface area contributed by atoms with Gasteiger partial charge in [0.2, 0.25) is 10.0 Å². The molecule has 19 heavy (non-hydrogen) atoms. The molecule has 0 spiro atoms. The normalized spacial score (nSPS) is 12.2. The van der Waals surface area contributed by atoms with Crippen LogP contribution in [0, 0.1) is 18.3 Å². The third kappa shape index (κ3) is 3.79. The van der Waals surface area contributed by atoms with Crippen LogP contribution in [-0.4, -0.2) is 14.0 Å². The largest absolute Gasteiger partial charge is 0.242 e. The second-order valence-corrected chi connectivity index (χ2v) is 6.95. The van der Waals surface area contributed by atoms with E-state index in [9.17, 15) is 8.42 Å². The van der Waals surface area contributed by atoms with Gasteiger partial charge in [-0.1, -0.05) is 25.5 Å². The lowest BCUT2D eigenvalue weighted by Crippen LogP contribution is -2.43. The van der Waals surface area contributed by atoms with Crippen LogP contribution in [0.3, 0.4) is 0 Å². The van der Waals surface area contributed by atoms with Gasteiger partial charge >= 0.3 is 0 Å². The lowest BCUT2D eigenvalue weighted by Gasteiger charge is -2.25. The zero-order chi connectivity index (χ0) is 14.7. The molecule has 0 atom stereocenters. The van der Waals surface area contributed by atoms with Gasteiger partial charge in [-0.3, -0.25) is 0 Å². The molecule has 5 heteroatoms. The zero-order valence-corrected chi connectivity index (χ0v) is 12.6. The third-order valence-electron chi connectivity index (χ3n) is 2.92. The van der Waals surface area contributed by atoms with Gasteiger partial charge in [0.25, 0.3) is 0 Å². The minimum atomic E-state index is -3.68. The number of nitrogens with one attached hydrogen (secondary N) is 1. The van der Waals surface area contributed by atoms with Crippen molar-refractivity contribution in [2.75, 3.05) is 0 Å². The SMILES string of the molecule is CCCC(C)(C)NS(=O)(=O)c1cccc(C)c1C#N. The van der Waals surface area contributed by atoms with Gasteiger partial charge in [0.05, 0.1) is 5.56 Å². The number of nitriles is 1. The highest BCUT2D eigenvalue weighted by atomic mass is 32.2. The standard InChI is InChI=1S/C14H20N2O2S/c1-5-9-14(3,4)16-19(17,18)13-8-6-7-11(2)12(13)10-15/h6-8,16H,5,9H2,1-4H3. The molecule has 104 valence electrons. The summed E-state index contributed by atoms with van der Waals surface area (Å²) in [5, 5.41) is 9.12. The van der Waals surface area contributed by atoms with E-state index in [-0.39, 0.29) is 10.5 Å². The second kappa shape index (κ2) is 5.72. The Bertz CT molecular complexity index is 598. The molecule has 1 aromatic carbocycles. The van der Waals surface area contributed by atoms with Crippen LogP contribution in [0.5, 0.6) is 0 Å². The summed E-state index contributed by atoms with van der Waals surface area (Å²) in [6, 6.07) is 6.82. The monoisotopic (exact) mass is 280 g/mol. The van der Waals surface area contributed by atoms with Gasteiger partial charge in [0, 0.05) is 5.54 Å². The number of aryl methyl sites for hydroxylation is 1. The summed E-state index contributed by atoms with van der Waals surface area (Å²) < 4.78 is 27.5. The van der Waals surface area contributed by atoms with E-state index in [2.05, 4.69) is 4.72 Å². The average Bonchev–Trinajstić information content (AvgIpc) is 2.26. The fourth-order valence-electron chi connectivity index (χ4n) is 2.10. The van der Waals surface area contributed by atoms with Crippen LogP contribution in [0.15, 0.2) is 23.1 Å². The summed E-state index contributed by atoms with van der Waals surface area (Å²) in [5.74, 6) is 0. The Kier molecular flexibility index (Phi) is 4.72. The Labute approximate surface area is 115 Å². The Balaban J connectivity index is 3.23. The van der Waals surface area contributed by atoms with Crippen LogP contribution < -0.4 is 4.72 Å². The van der Waals surface area contributed by atoms with Crippen molar-refractivity contribution in [3.05, 3.63) is 29.3 Å². The fraction of sp³-hybridized carbons (Fsp3) is 0.500. The van der Waals surface area contributed by atoms with Crippen molar-refractivity contribution in [2.45, 2.75) is 51.0 Å². The van der Waals surface area contributed by atoms with Crippen LogP contribution in [-0.2, 0) is 10.0 Å². The van der Waals surface area contributed by atoms with E-state index in [1.54, 1.807) is 19.1 Å². The average molecular weight is 280 g/mol. The van der Waals surface area contributed by atoms with E-state index in [0.29, 0.717) is 5.56 Å². The second-order valence-electron chi connectivity index (χ2n) is 5.30. The molecule has 0 aliphatic rings. The molecule has 0 fully saturated rings. The van der Waals surface area contributed by atoms with Crippen molar-refractivity contribution >= 4 is 10.0 Å². The summed E-state index contributed by atoms with van der Waals surface area (Å²) in [6.45, 7) is 7.42. The fourth-order valence-corrected chi connectivity index (χ4v) is 3.78. The number of sulfonamides is 1. The molecular formula is C14H20N2O2S. The number of rotatable bonds is 5. The maximum Gasteiger partial charge on any atom is 0.242 e. The first-order valence-electron chi connectivity index (χ1n) is 6.27. The number of benzene rings is 1. The summed E-state index contributed by atoms with van der Waals surface area (Å²) in [7, 11) is -3.68. The summed E-state index contributed by atoms with van der Waals surface area (Å²) >= 11 is 0. The predicted molar refractivity (Wildman–Crippen MR) is 75.2 cm³/mol. The molecule has 1 N–H and O–H groups in total. The van der Waals surface area contributed by atoms with Crippen LogP contribution >= 0.6 is 0 Å². The van der Waals surface area contributed by atoms with Crippen molar-refractivity contribution in [3.63, 3.8) is 0 Å². The van der Waals surface area contributed by atoms with E-state index in [1.165, 1.54) is 6.07 Å². The first-order chi connectivity index (χ1) is 8.73. The molecule has 4 nitrogen and oxygen atoms in total. The quantitative estimate of drug-likeness (QED) is 0.901. The van der Waals surface area contributed by atoms with Gasteiger partial charge in [-0.15, -0.1) is 0 Å². The lowest BCUT2D eigenvalue weighted by atomic mass is 10.0. The molecule has 0 saturated heterocycles. The molecule has 0 aliphatic carbocycles. The van der Waals surface area contributed by atoms with Crippen LogP contribution in [0.25, 0.3) is 0 Å². The molecule has 1 aromatic rings. The first-order valence-corrected chi connectivity index (χ1v) is 7.75. The number of nitrogens with zero attached hydrogens (tertiary/aromatic N) is 1. The highest BCUT2D eigenvalue weighted by Gasteiger charge is 2.27. The Hall–Kier alpha value is -1.38. The van der Waals surface area contributed by atoms with Crippen molar-refractivity contribution in [1.29, 1.82) is 5.26 Å². The summed E-state index contributed by atoms with van der Waals surface area (Å²) in [6.07, 6.45) is 1.62. The van der Waals surface area contributed by atoms with Crippen LogP contribution in [0.4, 0.5) is 0 Å². The summed E-state index contributed by atoms with van der Waals surface area (Å²) in [4.78, 5) is 0.0548. The highest BCUT2D eigenvalue weighted by Crippen LogP contribution is 2.21. The molecule has 0 radical (unpaired) electrons. The van der Waals surface area contributed by atoms with E-state index in [1.807, 2.05) is 26.8 Å². The maximum absolute atomic E-state index is 12.4. The van der Waals surface area contributed by atoms with E-state index in [0.717, 1.165) is 12.8 Å².